The van der Waals surface area contributed by atoms with Crippen molar-refractivity contribution < 1.29 is 14.3 Å². The second-order valence-corrected chi connectivity index (χ2v) is 6.08. The Hall–Kier alpha value is -2.08. The lowest BCUT2D eigenvalue weighted by atomic mass is 10.0. The van der Waals surface area contributed by atoms with Crippen LogP contribution in [0, 0.1) is 5.92 Å². The molecule has 1 rings (SSSR count). The molecule has 3 amide bonds. The van der Waals surface area contributed by atoms with Crippen molar-refractivity contribution in [1.82, 2.24) is 4.90 Å². The SMILES string of the molecule is COCC(=O)Nc1cccc(NC(=O)N(C)C(C)CC(C)C)c1. The van der Waals surface area contributed by atoms with E-state index in [0.29, 0.717) is 17.3 Å². The average Bonchev–Trinajstić information content (AvgIpc) is 2.46. The minimum Gasteiger partial charge on any atom is -0.375 e. The van der Waals surface area contributed by atoms with Crippen LogP contribution in [0.15, 0.2) is 24.3 Å². The molecule has 6 heteroatoms. The largest absolute Gasteiger partial charge is 0.375 e. The molecule has 0 fully saturated rings. The van der Waals surface area contributed by atoms with Crippen molar-refractivity contribution in [3.63, 3.8) is 0 Å². The number of carbonyl (C=O) groups excluding carboxylic acids is 2. The van der Waals surface area contributed by atoms with E-state index in [9.17, 15) is 9.59 Å². The highest BCUT2D eigenvalue weighted by atomic mass is 16.5. The van der Waals surface area contributed by atoms with E-state index in [-0.39, 0.29) is 24.6 Å². The summed E-state index contributed by atoms with van der Waals surface area (Å²) in [6.07, 6.45) is 0.942. The van der Waals surface area contributed by atoms with Gasteiger partial charge in [0.2, 0.25) is 5.91 Å². The minimum absolute atomic E-state index is 0.00790. The highest BCUT2D eigenvalue weighted by Gasteiger charge is 2.17. The molecule has 0 aliphatic carbocycles. The van der Waals surface area contributed by atoms with Gasteiger partial charge in [-0.2, -0.15) is 0 Å². The maximum Gasteiger partial charge on any atom is 0.321 e. The fourth-order valence-corrected chi connectivity index (χ4v) is 2.26. The van der Waals surface area contributed by atoms with Crippen LogP contribution in [0.5, 0.6) is 0 Å². The summed E-state index contributed by atoms with van der Waals surface area (Å²) in [6.45, 7) is 6.29. The molecule has 23 heavy (non-hydrogen) atoms. The summed E-state index contributed by atoms with van der Waals surface area (Å²) >= 11 is 0. The molecule has 2 N–H and O–H groups in total. The van der Waals surface area contributed by atoms with Gasteiger partial charge in [0.25, 0.3) is 0 Å². The first kappa shape index (κ1) is 19.0. The molecule has 1 unspecified atom stereocenters. The molecule has 0 saturated carbocycles. The van der Waals surface area contributed by atoms with Gasteiger partial charge < -0.3 is 20.3 Å². The zero-order valence-electron chi connectivity index (χ0n) is 14.6. The summed E-state index contributed by atoms with van der Waals surface area (Å²) < 4.78 is 4.77. The van der Waals surface area contributed by atoms with Crippen LogP contribution in [0.2, 0.25) is 0 Å². The smallest absolute Gasteiger partial charge is 0.321 e. The van der Waals surface area contributed by atoms with Gasteiger partial charge in [0, 0.05) is 31.6 Å². The number of urea groups is 1. The van der Waals surface area contributed by atoms with Crippen molar-refractivity contribution in [2.24, 2.45) is 5.92 Å². The first-order valence-electron chi connectivity index (χ1n) is 7.76. The predicted molar refractivity (Wildman–Crippen MR) is 92.6 cm³/mol. The van der Waals surface area contributed by atoms with E-state index in [1.54, 1.807) is 36.2 Å². The molecule has 0 bridgehead atoms. The topological polar surface area (TPSA) is 70.7 Å². The monoisotopic (exact) mass is 321 g/mol. The molecule has 1 aromatic carbocycles. The molecular formula is C17H27N3O3. The summed E-state index contributed by atoms with van der Waals surface area (Å²) in [7, 11) is 3.25. The number of benzene rings is 1. The van der Waals surface area contributed by atoms with E-state index in [2.05, 4.69) is 24.5 Å². The van der Waals surface area contributed by atoms with Crippen LogP contribution in [-0.2, 0) is 9.53 Å². The van der Waals surface area contributed by atoms with E-state index >= 15 is 0 Å². The third-order valence-corrected chi connectivity index (χ3v) is 3.47. The van der Waals surface area contributed by atoms with Gasteiger partial charge in [0.15, 0.2) is 0 Å². The van der Waals surface area contributed by atoms with Gasteiger partial charge in [-0.3, -0.25) is 4.79 Å². The number of ether oxygens (including phenoxy) is 1. The number of nitrogens with zero attached hydrogens (tertiary/aromatic N) is 1. The Bertz CT molecular complexity index is 532. The van der Waals surface area contributed by atoms with Gasteiger partial charge in [-0.15, -0.1) is 0 Å². The van der Waals surface area contributed by atoms with Crippen LogP contribution in [0.1, 0.15) is 27.2 Å². The van der Waals surface area contributed by atoms with Crippen molar-refractivity contribution in [2.75, 3.05) is 31.4 Å². The van der Waals surface area contributed by atoms with Crippen LogP contribution in [0.4, 0.5) is 16.2 Å². The van der Waals surface area contributed by atoms with Crippen LogP contribution in [0.25, 0.3) is 0 Å². The fourth-order valence-electron chi connectivity index (χ4n) is 2.26. The number of anilines is 2. The van der Waals surface area contributed by atoms with Gasteiger partial charge >= 0.3 is 6.03 Å². The first-order chi connectivity index (χ1) is 10.8. The third-order valence-electron chi connectivity index (χ3n) is 3.47. The molecule has 0 spiro atoms. The molecule has 1 aromatic rings. The Morgan fingerprint density at radius 1 is 1.17 bits per heavy atom. The molecule has 0 saturated heterocycles. The lowest BCUT2D eigenvalue weighted by molar-refractivity contribution is -0.119. The van der Waals surface area contributed by atoms with Crippen molar-refractivity contribution >= 4 is 23.3 Å². The van der Waals surface area contributed by atoms with Gasteiger partial charge in [0.1, 0.15) is 6.61 Å². The number of methoxy groups -OCH3 is 1. The number of nitrogens with one attached hydrogen (secondary N) is 2. The van der Waals surface area contributed by atoms with Crippen molar-refractivity contribution in [3.8, 4) is 0 Å². The van der Waals surface area contributed by atoms with E-state index in [1.807, 2.05) is 6.92 Å². The van der Waals surface area contributed by atoms with Crippen molar-refractivity contribution in [2.45, 2.75) is 33.2 Å². The Kier molecular flexibility index (Phi) is 7.54. The predicted octanol–water partition coefficient (Wildman–Crippen LogP) is 3.17. The summed E-state index contributed by atoms with van der Waals surface area (Å²) in [5, 5.41) is 5.55. The Labute approximate surface area is 138 Å². The maximum atomic E-state index is 12.3. The second kappa shape index (κ2) is 9.15. The number of hydrogen-bond acceptors (Lipinski definition) is 3. The average molecular weight is 321 g/mol. The van der Waals surface area contributed by atoms with Crippen LogP contribution < -0.4 is 10.6 Å². The third kappa shape index (κ3) is 6.69. The van der Waals surface area contributed by atoms with E-state index < -0.39 is 0 Å². The van der Waals surface area contributed by atoms with E-state index in [1.165, 1.54) is 7.11 Å². The van der Waals surface area contributed by atoms with Gasteiger partial charge in [0.05, 0.1) is 0 Å². The highest BCUT2D eigenvalue weighted by molar-refractivity contribution is 5.94. The molecule has 0 aliphatic rings. The number of carbonyl (C=O) groups is 2. The maximum absolute atomic E-state index is 12.3. The molecule has 1 atom stereocenters. The van der Waals surface area contributed by atoms with Crippen LogP contribution in [0.3, 0.4) is 0 Å². The zero-order chi connectivity index (χ0) is 17.4. The summed E-state index contributed by atoms with van der Waals surface area (Å²) in [5.74, 6) is 0.290. The number of rotatable bonds is 7. The van der Waals surface area contributed by atoms with Gasteiger partial charge in [-0.05, 0) is 37.5 Å². The Morgan fingerprint density at radius 3 is 2.35 bits per heavy atom. The molecule has 0 aromatic heterocycles. The first-order valence-corrected chi connectivity index (χ1v) is 7.76. The second-order valence-electron chi connectivity index (χ2n) is 6.08. The number of hydrogen-bond donors (Lipinski definition) is 2. The van der Waals surface area contributed by atoms with E-state index in [4.69, 9.17) is 4.74 Å². The van der Waals surface area contributed by atoms with Crippen LogP contribution in [-0.4, -0.2) is 43.6 Å². The van der Waals surface area contributed by atoms with Gasteiger partial charge in [-0.1, -0.05) is 19.9 Å². The fraction of sp³-hybridized carbons (Fsp3) is 0.529. The Balaban J connectivity index is 2.66. The summed E-state index contributed by atoms with van der Waals surface area (Å²) in [6, 6.07) is 7.01. The molecule has 0 heterocycles. The quantitative estimate of drug-likeness (QED) is 0.810. The molecule has 0 radical (unpaired) electrons. The van der Waals surface area contributed by atoms with Crippen molar-refractivity contribution in [3.05, 3.63) is 24.3 Å². The van der Waals surface area contributed by atoms with Crippen LogP contribution >= 0.6 is 0 Å². The standard InChI is InChI=1S/C17H27N3O3/c1-12(2)9-13(3)20(4)17(22)19-15-8-6-7-14(10-15)18-16(21)11-23-5/h6-8,10,12-13H,9,11H2,1-5H3,(H,18,21)(H,19,22). The lowest BCUT2D eigenvalue weighted by Crippen LogP contribution is -2.38. The number of amides is 3. The molecule has 6 nitrogen and oxygen atoms in total. The minimum atomic E-state index is -0.237. The molecule has 0 aliphatic heterocycles. The highest BCUT2D eigenvalue weighted by Crippen LogP contribution is 2.17. The van der Waals surface area contributed by atoms with E-state index in [0.717, 1.165) is 6.42 Å². The molecular weight excluding hydrogens is 294 g/mol. The summed E-state index contributed by atoms with van der Waals surface area (Å²) in [4.78, 5) is 25.5. The Morgan fingerprint density at radius 2 is 1.78 bits per heavy atom. The zero-order valence-corrected chi connectivity index (χ0v) is 14.6. The lowest BCUT2D eigenvalue weighted by Gasteiger charge is -2.26. The van der Waals surface area contributed by atoms with Gasteiger partial charge in [-0.25, -0.2) is 4.79 Å². The summed E-state index contributed by atoms with van der Waals surface area (Å²) in [5.41, 5.74) is 1.25. The molecule has 128 valence electrons. The normalized spacial score (nSPS) is 11.9. The van der Waals surface area contributed by atoms with Crippen molar-refractivity contribution in [1.29, 1.82) is 0 Å².